The number of rotatable bonds is 8. The number of piperidine rings is 1. The lowest BCUT2D eigenvalue weighted by Gasteiger charge is -2.31. The van der Waals surface area contributed by atoms with E-state index in [1.54, 1.807) is 6.92 Å². The monoisotopic (exact) mass is 330 g/mol. The number of hydrogen-bond donors (Lipinski definition) is 1. The second-order valence-corrected chi connectivity index (χ2v) is 6.26. The van der Waals surface area contributed by atoms with Crippen LogP contribution in [-0.2, 0) is 20.9 Å². The molecule has 0 unspecified atom stereocenters. The Morgan fingerprint density at radius 2 is 1.88 bits per heavy atom. The molecule has 130 valence electrons. The van der Waals surface area contributed by atoms with E-state index in [0.717, 1.165) is 38.9 Å². The summed E-state index contributed by atoms with van der Waals surface area (Å²) in [7, 11) is 0. The van der Waals surface area contributed by atoms with Gasteiger partial charge in [0.1, 0.15) is 0 Å². The van der Waals surface area contributed by atoms with E-state index < -0.39 is 17.5 Å². The number of Topliss-reactive ketones (excluding diaryl/α,β-unsaturated/α-hetero) is 1. The molecule has 5 nitrogen and oxygen atoms in total. The molecule has 1 aliphatic heterocycles. The number of carbonyl (C=O) groups excluding carboxylic acids is 2. The van der Waals surface area contributed by atoms with Gasteiger partial charge in [0.05, 0.1) is 6.61 Å². The lowest BCUT2D eigenvalue weighted by molar-refractivity contribution is -0.135. The third-order valence-corrected chi connectivity index (χ3v) is 4.49. The molecule has 1 aromatic rings. The van der Waals surface area contributed by atoms with Crippen molar-refractivity contribution < 1.29 is 14.3 Å². The molecule has 0 atom stereocenters. The van der Waals surface area contributed by atoms with E-state index in [0.29, 0.717) is 5.92 Å². The number of likely N-dealkylation sites (tertiary alicyclic amines) is 1. The molecule has 2 rings (SSSR count). The van der Waals surface area contributed by atoms with Gasteiger partial charge in [-0.3, -0.25) is 15.1 Å². The van der Waals surface area contributed by atoms with Crippen molar-refractivity contribution in [3.63, 3.8) is 0 Å². The summed E-state index contributed by atoms with van der Waals surface area (Å²) in [4.78, 5) is 25.7. The van der Waals surface area contributed by atoms with Crippen molar-refractivity contribution in [1.29, 1.82) is 5.41 Å². The molecule has 1 aliphatic rings. The van der Waals surface area contributed by atoms with E-state index in [4.69, 9.17) is 10.1 Å². The number of benzene rings is 1. The molecule has 0 radical (unpaired) electrons. The van der Waals surface area contributed by atoms with Crippen LogP contribution in [0.1, 0.15) is 38.2 Å². The van der Waals surface area contributed by atoms with Crippen LogP contribution in [0.2, 0.25) is 0 Å². The first-order chi connectivity index (χ1) is 11.6. The quantitative estimate of drug-likeness (QED) is 0.452. The van der Waals surface area contributed by atoms with Crippen LogP contribution in [0.4, 0.5) is 0 Å². The topological polar surface area (TPSA) is 70.5 Å². The van der Waals surface area contributed by atoms with Crippen LogP contribution in [0.25, 0.3) is 0 Å². The number of nitrogens with one attached hydrogen (secondary N) is 1. The molecular formula is C19H26N2O3. The molecule has 1 N–H and O–H groups in total. The van der Waals surface area contributed by atoms with Crippen molar-refractivity contribution in [2.24, 2.45) is 5.92 Å². The standard InChI is InChI=1S/C19H26N2O3/c1-2-24-19(23)18(20)17(22)9-8-15-10-12-21(13-11-15)14-16-6-4-3-5-7-16/h3-7,15,20H,2,8-14H2,1H3. The van der Waals surface area contributed by atoms with Gasteiger partial charge in [0.15, 0.2) is 11.5 Å². The fourth-order valence-corrected chi connectivity index (χ4v) is 3.05. The van der Waals surface area contributed by atoms with Gasteiger partial charge in [-0.05, 0) is 50.8 Å². The van der Waals surface area contributed by atoms with Gasteiger partial charge in [-0.15, -0.1) is 0 Å². The van der Waals surface area contributed by atoms with E-state index in [-0.39, 0.29) is 13.0 Å². The van der Waals surface area contributed by atoms with Crippen LogP contribution in [0, 0.1) is 11.3 Å². The van der Waals surface area contributed by atoms with E-state index in [1.165, 1.54) is 5.56 Å². The zero-order valence-corrected chi connectivity index (χ0v) is 14.3. The summed E-state index contributed by atoms with van der Waals surface area (Å²) in [5.41, 5.74) is 0.812. The minimum absolute atomic E-state index is 0.189. The predicted molar refractivity (Wildman–Crippen MR) is 93.0 cm³/mol. The summed E-state index contributed by atoms with van der Waals surface area (Å²) in [5, 5.41) is 7.55. The van der Waals surface area contributed by atoms with Crippen molar-refractivity contribution in [1.82, 2.24) is 4.90 Å². The fraction of sp³-hybridized carbons (Fsp3) is 0.526. The Morgan fingerprint density at radius 3 is 2.50 bits per heavy atom. The smallest absolute Gasteiger partial charge is 0.359 e. The zero-order chi connectivity index (χ0) is 17.4. The molecule has 24 heavy (non-hydrogen) atoms. The molecule has 0 spiro atoms. The maximum atomic E-state index is 11.9. The SMILES string of the molecule is CCOC(=O)C(=N)C(=O)CCC1CCN(Cc2ccccc2)CC1. The van der Waals surface area contributed by atoms with Gasteiger partial charge in [0.25, 0.3) is 0 Å². The average molecular weight is 330 g/mol. The Morgan fingerprint density at radius 1 is 1.21 bits per heavy atom. The van der Waals surface area contributed by atoms with Gasteiger partial charge in [-0.25, -0.2) is 4.79 Å². The Balaban J connectivity index is 1.68. The van der Waals surface area contributed by atoms with Gasteiger partial charge in [0, 0.05) is 13.0 Å². The van der Waals surface area contributed by atoms with E-state index in [1.807, 2.05) is 6.07 Å². The fourth-order valence-electron chi connectivity index (χ4n) is 3.05. The van der Waals surface area contributed by atoms with Crippen molar-refractivity contribution in [2.45, 2.75) is 39.2 Å². The van der Waals surface area contributed by atoms with Crippen molar-refractivity contribution in [2.75, 3.05) is 19.7 Å². The summed E-state index contributed by atoms with van der Waals surface area (Å²) in [6.45, 7) is 4.89. The van der Waals surface area contributed by atoms with Crippen LogP contribution in [-0.4, -0.2) is 42.1 Å². The first-order valence-corrected chi connectivity index (χ1v) is 8.65. The maximum absolute atomic E-state index is 11.9. The minimum Gasteiger partial charge on any atom is -0.461 e. The molecule has 0 amide bonds. The number of hydrogen-bond acceptors (Lipinski definition) is 5. The lowest BCUT2D eigenvalue weighted by Crippen LogP contribution is -2.33. The largest absolute Gasteiger partial charge is 0.461 e. The van der Waals surface area contributed by atoms with Crippen molar-refractivity contribution >= 4 is 17.5 Å². The highest BCUT2D eigenvalue weighted by Crippen LogP contribution is 2.23. The Labute approximate surface area is 143 Å². The number of ketones is 1. The molecule has 1 saturated heterocycles. The third-order valence-electron chi connectivity index (χ3n) is 4.49. The lowest BCUT2D eigenvalue weighted by atomic mass is 9.90. The van der Waals surface area contributed by atoms with Gasteiger partial charge >= 0.3 is 5.97 Å². The van der Waals surface area contributed by atoms with Gasteiger partial charge in [-0.1, -0.05) is 30.3 Å². The summed E-state index contributed by atoms with van der Waals surface area (Å²) in [6, 6.07) is 10.4. The highest BCUT2D eigenvalue weighted by molar-refractivity contribution is 6.63. The van der Waals surface area contributed by atoms with Crippen molar-refractivity contribution in [3.8, 4) is 0 Å². The zero-order valence-electron chi connectivity index (χ0n) is 14.3. The second kappa shape index (κ2) is 9.33. The Hall–Kier alpha value is -2.01. The van der Waals surface area contributed by atoms with Crippen molar-refractivity contribution in [3.05, 3.63) is 35.9 Å². The van der Waals surface area contributed by atoms with Crippen LogP contribution >= 0.6 is 0 Å². The van der Waals surface area contributed by atoms with Crippen LogP contribution in [0.5, 0.6) is 0 Å². The molecule has 0 bridgehead atoms. The molecule has 0 aromatic heterocycles. The first kappa shape index (κ1) is 18.3. The number of nitrogens with zero attached hydrogens (tertiary/aromatic N) is 1. The van der Waals surface area contributed by atoms with E-state index in [9.17, 15) is 9.59 Å². The highest BCUT2D eigenvalue weighted by atomic mass is 16.5. The number of carbonyl (C=O) groups is 2. The minimum atomic E-state index is -0.805. The molecule has 0 aliphatic carbocycles. The van der Waals surface area contributed by atoms with Gasteiger partial charge in [-0.2, -0.15) is 0 Å². The summed E-state index contributed by atoms with van der Waals surface area (Å²) >= 11 is 0. The predicted octanol–water partition coefficient (Wildman–Crippen LogP) is 2.83. The molecular weight excluding hydrogens is 304 g/mol. The maximum Gasteiger partial charge on any atom is 0.359 e. The molecule has 1 fully saturated rings. The molecule has 1 aromatic carbocycles. The van der Waals surface area contributed by atoms with Crippen LogP contribution in [0.15, 0.2) is 30.3 Å². The van der Waals surface area contributed by atoms with Gasteiger partial charge in [0.2, 0.25) is 0 Å². The van der Waals surface area contributed by atoms with Crippen LogP contribution < -0.4 is 0 Å². The Kier molecular flexibility index (Phi) is 7.12. The number of ether oxygens (including phenoxy) is 1. The number of esters is 1. The molecule has 5 heteroatoms. The second-order valence-electron chi connectivity index (χ2n) is 6.26. The van der Waals surface area contributed by atoms with Crippen LogP contribution in [0.3, 0.4) is 0 Å². The Bertz CT molecular complexity index is 563. The van der Waals surface area contributed by atoms with Gasteiger partial charge < -0.3 is 4.74 Å². The highest BCUT2D eigenvalue weighted by Gasteiger charge is 2.23. The van der Waals surface area contributed by atoms with E-state index >= 15 is 0 Å². The molecule has 1 heterocycles. The first-order valence-electron chi connectivity index (χ1n) is 8.65. The summed E-state index contributed by atoms with van der Waals surface area (Å²) in [6.07, 6.45) is 3.14. The third kappa shape index (κ3) is 5.57. The average Bonchev–Trinajstić information content (AvgIpc) is 2.61. The van der Waals surface area contributed by atoms with E-state index in [2.05, 4.69) is 29.2 Å². The molecule has 0 saturated carbocycles. The normalized spacial score (nSPS) is 15.9. The summed E-state index contributed by atoms with van der Waals surface area (Å²) in [5.74, 6) is -0.712. The summed E-state index contributed by atoms with van der Waals surface area (Å²) < 4.78 is 4.70.